The fourth-order valence-corrected chi connectivity index (χ4v) is 2.55. The number of carboxylic acid groups (broad SMARTS) is 1. The van der Waals surface area contributed by atoms with Gasteiger partial charge in [0, 0.05) is 25.5 Å². The lowest BCUT2D eigenvalue weighted by molar-refractivity contribution is -0.148. The highest BCUT2D eigenvalue weighted by Crippen LogP contribution is 2.32. The molecule has 1 saturated carbocycles. The molecule has 3 rings (SSSR count). The van der Waals surface area contributed by atoms with Crippen LogP contribution in [-0.4, -0.2) is 43.6 Å². The van der Waals surface area contributed by atoms with Gasteiger partial charge in [0.2, 0.25) is 0 Å². The zero-order valence-corrected chi connectivity index (χ0v) is 10.5. The lowest BCUT2D eigenvalue weighted by Gasteiger charge is -2.40. The molecular weight excluding hydrogens is 248 g/mol. The molecule has 0 radical (unpaired) electrons. The summed E-state index contributed by atoms with van der Waals surface area (Å²) in [6.45, 7) is 1.70. The fourth-order valence-electron chi connectivity index (χ4n) is 2.55. The molecule has 1 aromatic heterocycles. The van der Waals surface area contributed by atoms with Crippen molar-refractivity contribution in [3.63, 3.8) is 0 Å². The molecule has 19 heavy (non-hydrogen) atoms. The van der Waals surface area contributed by atoms with Crippen LogP contribution in [0.5, 0.6) is 0 Å². The van der Waals surface area contributed by atoms with E-state index in [0.717, 1.165) is 12.2 Å². The van der Waals surface area contributed by atoms with Crippen molar-refractivity contribution < 1.29 is 14.7 Å². The molecular formula is C12H16N4O3. The Morgan fingerprint density at radius 1 is 1.37 bits per heavy atom. The number of carbonyl (C=O) groups is 2. The molecule has 0 spiro atoms. The van der Waals surface area contributed by atoms with Gasteiger partial charge in [-0.2, -0.15) is 0 Å². The van der Waals surface area contributed by atoms with Crippen molar-refractivity contribution in [2.45, 2.75) is 37.9 Å². The van der Waals surface area contributed by atoms with E-state index in [1.807, 2.05) is 10.8 Å². The molecule has 2 N–H and O–H groups in total. The van der Waals surface area contributed by atoms with E-state index in [2.05, 4.69) is 10.3 Å². The van der Waals surface area contributed by atoms with E-state index >= 15 is 0 Å². The first-order valence-electron chi connectivity index (χ1n) is 6.41. The molecule has 102 valence electrons. The summed E-state index contributed by atoms with van der Waals surface area (Å²) in [5, 5.41) is 11.9. The number of nitrogens with zero attached hydrogens (tertiary/aromatic N) is 3. The van der Waals surface area contributed by atoms with E-state index in [9.17, 15) is 14.7 Å². The third-order valence-electron chi connectivity index (χ3n) is 3.99. The molecule has 0 bridgehead atoms. The van der Waals surface area contributed by atoms with Gasteiger partial charge in [-0.25, -0.2) is 14.6 Å². The molecule has 2 aliphatic rings. The van der Waals surface area contributed by atoms with Crippen LogP contribution in [0.4, 0.5) is 4.79 Å². The number of amides is 2. The monoisotopic (exact) mass is 264 g/mol. The second kappa shape index (κ2) is 4.25. The van der Waals surface area contributed by atoms with Crippen LogP contribution >= 0.6 is 0 Å². The van der Waals surface area contributed by atoms with E-state index < -0.39 is 11.5 Å². The number of urea groups is 1. The van der Waals surface area contributed by atoms with E-state index in [-0.39, 0.29) is 6.03 Å². The molecule has 2 heterocycles. The second-order valence-corrected chi connectivity index (χ2v) is 5.13. The first-order chi connectivity index (χ1) is 9.11. The van der Waals surface area contributed by atoms with Gasteiger partial charge >= 0.3 is 12.0 Å². The average molecular weight is 264 g/mol. The topological polar surface area (TPSA) is 87.5 Å². The number of rotatable bonds is 2. The quantitative estimate of drug-likeness (QED) is 0.810. The SMILES string of the molecule is O=C(NC1(C(=O)O)CCC1)N1CCn2ccnc2C1. The van der Waals surface area contributed by atoms with Crippen LogP contribution in [0.2, 0.25) is 0 Å². The van der Waals surface area contributed by atoms with Crippen LogP contribution in [0.1, 0.15) is 25.1 Å². The number of aromatic nitrogens is 2. The number of fused-ring (bicyclic) bond motifs is 1. The minimum absolute atomic E-state index is 0.309. The molecule has 7 nitrogen and oxygen atoms in total. The van der Waals surface area contributed by atoms with Crippen molar-refractivity contribution in [2.75, 3.05) is 6.54 Å². The van der Waals surface area contributed by atoms with Crippen LogP contribution in [-0.2, 0) is 17.9 Å². The summed E-state index contributed by atoms with van der Waals surface area (Å²) < 4.78 is 2.00. The maximum atomic E-state index is 12.2. The normalized spacial score (nSPS) is 20.3. The lowest BCUT2D eigenvalue weighted by atomic mass is 9.77. The van der Waals surface area contributed by atoms with E-state index in [4.69, 9.17) is 0 Å². The molecule has 2 amide bonds. The molecule has 0 atom stereocenters. The predicted molar refractivity (Wildman–Crippen MR) is 65.4 cm³/mol. The van der Waals surface area contributed by atoms with Gasteiger partial charge in [0.15, 0.2) is 0 Å². The Kier molecular flexibility index (Phi) is 2.69. The number of hydrogen-bond acceptors (Lipinski definition) is 3. The maximum Gasteiger partial charge on any atom is 0.329 e. The van der Waals surface area contributed by atoms with Gasteiger partial charge in [-0.1, -0.05) is 0 Å². The summed E-state index contributed by atoms with van der Waals surface area (Å²) >= 11 is 0. The highest BCUT2D eigenvalue weighted by atomic mass is 16.4. The first kappa shape index (κ1) is 12.0. The Morgan fingerprint density at radius 3 is 2.79 bits per heavy atom. The summed E-state index contributed by atoms with van der Waals surface area (Å²) in [5.74, 6) is -0.106. The zero-order chi connectivity index (χ0) is 13.5. The standard InChI is InChI=1S/C12H16N4O3/c17-10(18)12(2-1-3-12)14-11(19)16-7-6-15-5-4-13-9(15)8-16/h4-5H,1-3,6-8H2,(H,14,19)(H,17,18). The summed E-state index contributed by atoms with van der Waals surface area (Å²) in [5.41, 5.74) is -1.05. The number of imidazole rings is 1. The van der Waals surface area contributed by atoms with Crippen LogP contribution in [0.15, 0.2) is 12.4 Å². The highest BCUT2D eigenvalue weighted by molar-refractivity contribution is 5.87. The Balaban J connectivity index is 1.67. The lowest BCUT2D eigenvalue weighted by Crippen LogP contribution is -2.62. The van der Waals surface area contributed by atoms with Gasteiger partial charge in [0.05, 0.1) is 6.54 Å². The average Bonchev–Trinajstić information content (AvgIpc) is 2.79. The molecule has 1 aromatic rings. The van der Waals surface area contributed by atoms with Crippen molar-refractivity contribution >= 4 is 12.0 Å². The molecule has 1 aliphatic heterocycles. The number of aliphatic carboxylic acids is 1. The van der Waals surface area contributed by atoms with Crippen LogP contribution in [0.25, 0.3) is 0 Å². The van der Waals surface area contributed by atoms with Gasteiger partial charge < -0.3 is 19.9 Å². The number of carboxylic acids is 1. The van der Waals surface area contributed by atoms with Gasteiger partial charge in [-0.3, -0.25) is 0 Å². The van der Waals surface area contributed by atoms with Gasteiger partial charge in [0.25, 0.3) is 0 Å². The minimum atomic E-state index is -1.05. The van der Waals surface area contributed by atoms with E-state index in [1.165, 1.54) is 0 Å². The van der Waals surface area contributed by atoms with Crippen molar-refractivity contribution in [2.24, 2.45) is 0 Å². The number of hydrogen-bond donors (Lipinski definition) is 2. The van der Waals surface area contributed by atoms with Gasteiger partial charge in [0.1, 0.15) is 11.4 Å². The summed E-state index contributed by atoms with van der Waals surface area (Å²) in [6, 6.07) is -0.309. The van der Waals surface area contributed by atoms with Gasteiger partial charge in [-0.15, -0.1) is 0 Å². The van der Waals surface area contributed by atoms with Crippen molar-refractivity contribution in [1.82, 2.24) is 19.8 Å². The third kappa shape index (κ3) is 1.94. The van der Waals surface area contributed by atoms with Crippen LogP contribution in [0.3, 0.4) is 0 Å². The molecule has 1 fully saturated rings. The third-order valence-corrected chi connectivity index (χ3v) is 3.99. The smallest absolute Gasteiger partial charge is 0.329 e. The van der Waals surface area contributed by atoms with Gasteiger partial charge in [-0.05, 0) is 19.3 Å². The van der Waals surface area contributed by atoms with Crippen LogP contribution < -0.4 is 5.32 Å². The summed E-state index contributed by atoms with van der Waals surface area (Å²) in [6.07, 6.45) is 5.46. The van der Waals surface area contributed by atoms with Crippen molar-refractivity contribution in [3.8, 4) is 0 Å². The first-order valence-corrected chi connectivity index (χ1v) is 6.41. The minimum Gasteiger partial charge on any atom is -0.480 e. The highest BCUT2D eigenvalue weighted by Gasteiger charge is 2.46. The fraction of sp³-hybridized carbons (Fsp3) is 0.583. The Hall–Kier alpha value is -2.05. The Labute approximate surface area is 110 Å². The summed E-state index contributed by atoms with van der Waals surface area (Å²) in [4.78, 5) is 29.2. The molecule has 7 heteroatoms. The van der Waals surface area contributed by atoms with Crippen LogP contribution in [0, 0.1) is 0 Å². The maximum absolute atomic E-state index is 12.2. The zero-order valence-electron chi connectivity index (χ0n) is 10.5. The Bertz CT molecular complexity index is 521. The molecule has 0 unspecified atom stereocenters. The molecule has 0 aromatic carbocycles. The van der Waals surface area contributed by atoms with Crippen molar-refractivity contribution in [3.05, 3.63) is 18.2 Å². The second-order valence-electron chi connectivity index (χ2n) is 5.13. The summed E-state index contributed by atoms with van der Waals surface area (Å²) in [7, 11) is 0. The largest absolute Gasteiger partial charge is 0.480 e. The van der Waals surface area contributed by atoms with E-state index in [1.54, 1.807) is 11.1 Å². The molecule has 0 saturated heterocycles. The van der Waals surface area contributed by atoms with Crippen molar-refractivity contribution in [1.29, 1.82) is 0 Å². The Morgan fingerprint density at radius 2 is 2.16 bits per heavy atom. The number of carbonyl (C=O) groups excluding carboxylic acids is 1. The van der Waals surface area contributed by atoms with E-state index in [0.29, 0.717) is 32.5 Å². The predicted octanol–water partition coefficient (Wildman–Crippen LogP) is 0.416. The molecule has 1 aliphatic carbocycles. The number of nitrogens with one attached hydrogen (secondary N) is 1.